The number of likely N-dealkylation sites (N-methyl/N-ethyl adjacent to an activating group) is 1. The summed E-state index contributed by atoms with van der Waals surface area (Å²) in [6, 6.07) is 2.32. The first-order chi connectivity index (χ1) is 14.8. The number of rotatable bonds is 6. The molecule has 0 bridgehead atoms. The summed E-state index contributed by atoms with van der Waals surface area (Å²) < 4.78 is 11.1. The Balaban J connectivity index is 1.67. The molecular formula is C23H38N4O4. The molecule has 2 atom stereocenters. The van der Waals surface area contributed by atoms with Crippen molar-refractivity contribution in [1.29, 1.82) is 5.26 Å². The van der Waals surface area contributed by atoms with Gasteiger partial charge >= 0.3 is 6.09 Å². The van der Waals surface area contributed by atoms with Gasteiger partial charge in [-0.25, -0.2) is 4.79 Å². The number of carbonyl (C=O) groups is 2. The van der Waals surface area contributed by atoms with E-state index in [9.17, 15) is 14.9 Å². The van der Waals surface area contributed by atoms with E-state index in [1.807, 2.05) is 6.92 Å². The van der Waals surface area contributed by atoms with Gasteiger partial charge in [-0.3, -0.25) is 4.79 Å². The van der Waals surface area contributed by atoms with Gasteiger partial charge in [-0.2, -0.15) is 5.26 Å². The van der Waals surface area contributed by atoms with Crippen molar-refractivity contribution < 1.29 is 19.1 Å². The number of hydrogen-bond acceptors (Lipinski definition) is 6. The third-order valence-corrected chi connectivity index (χ3v) is 7.18. The second kappa shape index (κ2) is 10.2. The lowest BCUT2D eigenvalue weighted by atomic mass is 9.72. The van der Waals surface area contributed by atoms with Crippen molar-refractivity contribution >= 4 is 12.0 Å². The Morgan fingerprint density at radius 3 is 2.45 bits per heavy atom. The topological polar surface area (TPSA) is 94.9 Å². The average molecular weight is 435 g/mol. The molecule has 1 unspecified atom stereocenters. The highest BCUT2D eigenvalue weighted by Crippen LogP contribution is 2.40. The molecule has 3 aliphatic rings. The minimum absolute atomic E-state index is 0.330. The highest BCUT2D eigenvalue weighted by Gasteiger charge is 2.42. The molecule has 0 aromatic rings. The number of carbonyl (C=O) groups excluding carboxylic acids is 2. The summed E-state index contributed by atoms with van der Waals surface area (Å²) in [7, 11) is 0. The van der Waals surface area contributed by atoms with E-state index in [1.165, 1.54) is 0 Å². The van der Waals surface area contributed by atoms with Gasteiger partial charge in [0.05, 0.1) is 19.3 Å². The van der Waals surface area contributed by atoms with E-state index in [1.54, 1.807) is 4.90 Å². The largest absolute Gasteiger partial charge is 0.436 e. The van der Waals surface area contributed by atoms with Crippen molar-refractivity contribution in [2.24, 2.45) is 11.3 Å². The lowest BCUT2D eigenvalue weighted by molar-refractivity contribution is -0.133. The van der Waals surface area contributed by atoms with Gasteiger partial charge in [0, 0.05) is 26.2 Å². The molecule has 2 amide bonds. The number of nitrogens with zero attached hydrogens (tertiary/aromatic N) is 3. The SMILES string of the molecule is CCN1CCC(C#N)(NC(=O)[C@H](CC2CCC(C)(C)CC2)OC(=O)N2CCOCC2)C1. The Morgan fingerprint density at radius 2 is 1.87 bits per heavy atom. The highest BCUT2D eigenvalue weighted by atomic mass is 16.6. The maximum Gasteiger partial charge on any atom is 0.410 e. The Bertz CT molecular complexity index is 676. The van der Waals surface area contributed by atoms with Gasteiger partial charge < -0.3 is 24.6 Å². The normalized spacial score (nSPS) is 28.0. The lowest BCUT2D eigenvalue weighted by Crippen LogP contribution is -2.54. The quantitative estimate of drug-likeness (QED) is 0.690. The molecule has 0 aromatic heterocycles. The molecule has 1 saturated carbocycles. The van der Waals surface area contributed by atoms with Crippen molar-refractivity contribution in [3.63, 3.8) is 0 Å². The van der Waals surface area contributed by atoms with Crippen molar-refractivity contribution in [1.82, 2.24) is 15.1 Å². The Morgan fingerprint density at radius 1 is 1.19 bits per heavy atom. The van der Waals surface area contributed by atoms with Crippen LogP contribution in [0.5, 0.6) is 0 Å². The molecule has 8 heteroatoms. The minimum Gasteiger partial charge on any atom is -0.436 e. The molecule has 0 radical (unpaired) electrons. The van der Waals surface area contributed by atoms with Crippen LogP contribution >= 0.6 is 0 Å². The summed E-state index contributed by atoms with van der Waals surface area (Å²) in [6.45, 7) is 10.6. The van der Waals surface area contributed by atoms with E-state index in [0.717, 1.165) is 38.8 Å². The van der Waals surface area contributed by atoms with E-state index < -0.39 is 17.7 Å². The Labute approximate surface area is 186 Å². The molecular weight excluding hydrogens is 396 g/mol. The first-order valence-corrected chi connectivity index (χ1v) is 11.7. The van der Waals surface area contributed by atoms with Crippen LogP contribution in [0.4, 0.5) is 4.79 Å². The predicted molar refractivity (Wildman–Crippen MR) is 116 cm³/mol. The van der Waals surface area contributed by atoms with Gasteiger partial charge in [0.1, 0.15) is 5.54 Å². The third-order valence-electron chi connectivity index (χ3n) is 7.18. The predicted octanol–water partition coefficient (Wildman–Crippen LogP) is 2.53. The van der Waals surface area contributed by atoms with Gasteiger partial charge in [-0.15, -0.1) is 0 Å². The van der Waals surface area contributed by atoms with E-state index in [2.05, 4.69) is 30.1 Å². The average Bonchev–Trinajstić information content (AvgIpc) is 3.18. The van der Waals surface area contributed by atoms with Gasteiger partial charge in [0.25, 0.3) is 5.91 Å². The van der Waals surface area contributed by atoms with Gasteiger partial charge in [-0.1, -0.05) is 20.8 Å². The van der Waals surface area contributed by atoms with E-state index in [4.69, 9.17) is 9.47 Å². The number of ether oxygens (including phenoxy) is 2. The summed E-state index contributed by atoms with van der Waals surface area (Å²) >= 11 is 0. The Hall–Kier alpha value is -1.85. The summed E-state index contributed by atoms with van der Waals surface area (Å²) in [5, 5.41) is 12.8. The maximum atomic E-state index is 13.3. The molecule has 31 heavy (non-hydrogen) atoms. The molecule has 2 saturated heterocycles. The number of morpholine rings is 1. The summed E-state index contributed by atoms with van der Waals surface area (Å²) in [6.07, 6.45) is 4.03. The van der Waals surface area contributed by atoms with Crippen LogP contribution in [0.15, 0.2) is 0 Å². The first kappa shape index (κ1) is 23.8. The first-order valence-electron chi connectivity index (χ1n) is 11.7. The molecule has 8 nitrogen and oxygen atoms in total. The fraction of sp³-hybridized carbons (Fsp3) is 0.870. The lowest BCUT2D eigenvalue weighted by Gasteiger charge is -2.36. The minimum atomic E-state index is -0.911. The van der Waals surface area contributed by atoms with Crippen LogP contribution in [0.2, 0.25) is 0 Å². The van der Waals surface area contributed by atoms with Crippen molar-refractivity contribution in [3.8, 4) is 6.07 Å². The molecule has 1 N–H and O–H groups in total. The maximum absolute atomic E-state index is 13.3. The van der Waals surface area contributed by atoms with Gasteiger partial charge in [0.2, 0.25) is 0 Å². The second-order valence-electron chi connectivity index (χ2n) is 10.1. The fourth-order valence-electron chi connectivity index (χ4n) is 4.84. The fourth-order valence-corrected chi connectivity index (χ4v) is 4.84. The molecule has 3 rings (SSSR count). The van der Waals surface area contributed by atoms with E-state index >= 15 is 0 Å². The molecule has 2 aliphatic heterocycles. The summed E-state index contributed by atoms with van der Waals surface area (Å²) in [4.78, 5) is 29.8. The zero-order valence-electron chi connectivity index (χ0n) is 19.3. The van der Waals surface area contributed by atoms with Gasteiger partial charge in [0.15, 0.2) is 6.10 Å². The Kier molecular flexibility index (Phi) is 7.82. The number of amides is 2. The smallest absolute Gasteiger partial charge is 0.410 e. The molecule has 0 spiro atoms. The van der Waals surface area contributed by atoms with Crippen LogP contribution < -0.4 is 5.32 Å². The van der Waals surface area contributed by atoms with Crippen molar-refractivity contribution in [3.05, 3.63) is 0 Å². The number of likely N-dealkylation sites (tertiary alicyclic amines) is 1. The van der Waals surface area contributed by atoms with Crippen LogP contribution in [0.25, 0.3) is 0 Å². The molecule has 2 heterocycles. The van der Waals surface area contributed by atoms with Crippen molar-refractivity contribution in [2.45, 2.75) is 70.9 Å². The number of nitriles is 1. The number of nitrogens with one attached hydrogen (secondary N) is 1. The van der Waals surface area contributed by atoms with E-state index in [-0.39, 0.29) is 5.91 Å². The second-order valence-corrected chi connectivity index (χ2v) is 10.1. The molecule has 1 aliphatic carbocycles. The molecule has 174 valence electrons. The van der Waals surface area contributed by atoms with Gasteiger partial charge in [-0.05, 0) is 56.4 Å². The molecule has 3 fully saturated rings. The zero-order chi connectivity index (χ0) is 22.5. The van der Waals surface area contributed by atoms with Crippen molar-refractivity contribution in [2.75, 3.05) is 45.9 Å². The van der Waals surface area contributed by atoms with E-state index in [0.29, 0.717) is 57.0 Å². The van der Waals surface area contributed by atoms with Crippen LogP contribution in [-0.2, 0) is 14.3 Å². The third kappa shape index (κ3) is 6.33. The standard InChI is InChI=1S/C23H38N4O4/c1-4-26-10-9-23(16-24,17-26)25-20(28)19(15-18-5-7-22(2,3)8-6-18)31-21(29)27-11-13-30-14-12-27/h18-19H,4-15,17H2,1-3H3,(H,25,28)/t19-,23?/m0/s1. The van der Waals surface area contributed by atoms with Crippen LogP contribution in [-0.4, -0.2) is 79.4 Å². The number of hydrogen-bond donors (Lipinski definition) is 1. The zero-order valence-corrected chi connectivity index (χ0v) is 19.3. The highest BCUT2D eigenvalue weighted by molar-refractivity contribution is 5.84. The van der Waals surface area contributed by atoms with Crippen LogP contribution in [0.1, 0.15) is 59.3 Å². The van der Waals surface area contributed by atoms with Crippen LogP contribution in [0.3, 0.4) is 0 Å². The molecule has 0 aromatic carbocycles. The summed E-state index contributed by atoms with van der Waals surface area (Å²) in [5.41, 5.74) is -0.581. The monoisotopic (exact) mass is 434 g/mol. The summed E-state index contributed by atoms with van der Waals surface area (Å²) in [5.74, 6) is 0.000893. The van der Waals surface area contributed by atoms with Crippen LogP contribution in [0, 0.1) is 22.7 Å².